The maximum atomic E-state index is 12.5. The van der Waals surface area contributed by atoms with Crippen LogP contribution in [0.15, 0.2) is 0 Å². The molecule has 47 heavy (non-hydrogen) atoms. The molecule has 6 aliphatic carbocycles. The second-order valence-electron chi connectivity index (χ2n) is 17.3. The molecule has 6 fully saturated rings. The number of fused-ring (bicyclic) bond motifs is 11. The van der Waals surface area contributed by atoms with E-state index < -0.39 is 16.8 Å². The van der Waals surface area contributed by atoms with E-state index in [1.807, 2.05) is 41.5 Å². The highest BCUT2D eigenvalue weighted by Crippen LogP contribution is 2.70. The highest BCUT2D eigenvalue weighted by molar-refractivity contribution is 5.80. The Morgan fingerprint density at radius 2 is 1.15 bits per heavy atom. The molecule has 10 unspecified atom stereocenters. The second-order valence-corrected chi connectivity index (χ2v) is 17.3. The van der Waals surface area contributed by atoms with Crippen LogP contribution in [0.3, 0.4) is 0 Å². The molecule has 0 aromatic rings. The van der Waals surface area contributed by atoms with Crippen molar-refractivity contribution in [1.82, 2.24) is 0 Å². The molecule has 6 bridgehead atoms. The zero-order valence-electron chi connectivity index (χ0n) is 30.5. The average molecular weight is 659 g/mol. The van der Waals surface area contributed by atoms with Crippen molar-refractivity contribution in [1.29, 1.82) is 0 Å². The Morgan fingerprint density at radius 3 is 1.62 bits per heavy atom. The fourth-order valence-corrected chi connectivity index (χ4v) is 10.8. The van der Waals surface area contributed by atoms with E-state index in [1.165, 1.54) is 38.5 Å². The summed E-state index contributed by atoms with van der Waals surface area (Å²) in [5, 5.41) is 0. The van der Waals surface area contributed by atoms with Gasteiger partial charge in [0.1, 0.15) is 11.2 Å². The van der Waals surface area contributed by atoms with Crippen molar-refractivity contribution in [3.8, 4) is 0 Å². The minimum atomic E-state index is -0.550. The fraction of sp³-hybridized carbons (Fsp3) is 0.897. The molecule has 0 N–H and O–H groups in total. The number of hydrogen-bond acceptors (Lipinski definition) is 8. The van der Waals surface area contributed by atoms with Gasteiger partial charge in [0.2, 0.25) is 0 Å². The van der Waals surface area contributed by atoms with Gasteiger partial charge in [-0.1, -0.05) is 27.7 Å². The zero-order valence-corrected chi connectivity index (χ0v) is 30.5. The van der Waals surface area contributed by atoms with Crippen LogP contribution in [0.4, 0.5) is 0 Å². The van der Waals surface area contributed by atoms with Gasteiger partial charge < -0.3 is 18.9 Å². The molecule has 0 aliphatic heterocycles. The second kappa shape index (κ2) is 13.7. The Balaban J connectivity index is 0.000000189. The Labute approximate surface area is 283 Å². The van der Waals surface area contributed by atoms with Crippen LogP contribution in [0.25, 0.3) is 0 Å². The molecular weight excluding hydrogens is 596 g/mol. The van der Waals surface area contributed by atoms with Crippen LogP contribution in [-0.2, 0) is 38.1 Å². The quantitative estimate of drug-likeness (QED) is 0.119. The van der Waals surface area contributed by atoms with Gasteiger partial charge in [-0.25, -0.2) is 9.59 Å². The summed E-state index contributed by atoms with van der Waals surface area (Å²) in [5.74, 6) is 4.58. The Bertz CT molecular complexity index is 1190. The molecule has 0 aromatic heterocycles. The molecule has 8 nitrogen and oxygen atoms in total. The number of carbonyl (C=O) groups excluding carboxylic acids is 4. The van der Waals surface area contributed by atoms with E-state index >= 15 is 0 Å². The fourth-order valence-electron chi connectivity index (χ4n) is 10.8. The maximum Gasteiger partial charge on any atom is 0.344 e. The molecule has 10 atom stereocenters. The Hall–Kier alpha value is -2.12. The molecule has 266 valence electrons. The third-order valence-corrected chi connectivity index (χ3v) is 14.2. The topological polar surface area (TPSA) is 105 Å². The predicted octanol–water partition coefficient (Wildman–Crippen LogP) is 7.84. The predicted molar refractivity (Wildman–Crippen MR) is 178 cm³/mol. The van der Waals surface area contributed by atoms with Crippen molar-refractivity contribution >= 4 is 23.9 Å². The first kappa shape index (κ1) is 36.2. The minimum absolute atomic E-state index is 0.248. The van der Waals surface area contributed by atoms with Crippen molar-refractivity contribution < 1.29 is 38.1 Å². The Kier molecular flexibility index (Phi) is 10.5. The normalized spacial score (nSPS) is 37.6. The van der Waals surface area contributed by atoms with E-state index in [4.69, 9.17) is 18.9 Å². The summed E-state index contributed by atoms with van der Waals surface area (Å²) in [7, 11) is 0. The third kappa shape index (κ3) is 6.87. The monoisotopic (exact) mass is 658 g/mol. The van der Waals surface area contributed by atoms with Crippen LogP contribution >= 0.6 is 0 Å². The molecular formula is C39H62O8. The van der Waals surface area contributed by atoms with Gasteiger partial charge in [-0.05, 0) is 153 Å². The largest absolute Gasteiger partial charge is 0.456 e. The lowest BCUT2D eigenvalue weighted by atomic mass is 9.65. The first-order valence-electron chi connectivity index (χ1n) is 18.9. The lowest BCUT2D eigenvalue weighted by molar-refractivity contribution is -0.182. The van der Waals surface area contributed by atoms with Crippen molar-refractivity contribution in [2.24, 2.45) is 58.2 Å². The van der Waals surface area contributed by atoms with Crippen LogP contribution in [0.1, 0.15) is 139 Å². The zero-order chi connectivity index (χ0) is 34.4. The van der Waals surface area contributed by atoms with Gasteiger partial charge in [-0.2, -0.15) is 0 Å². The number of rotatable bonds is 12. The first-order chi connectivity index (χ1) is 22.1. The van der Waals surface area contributed by atoms with Crippen molar-refractivity contribution in [2.45, 2.75) is 150 Å². The lowest BCUT2D eigenvalue weighted by Crippen LogP contribution is -2.48. The molecule has 0 heterocycles. The highest BCUT2D eigenvalue weighted by atomic mass is 16.6. The molecule has 0 spiro atoms. The van der Waals surface area contributed by atoms with Crippen LogP contribution in [0.5, 0.6) is 0 Å². The Morgan fingerprint density at radius 1 is 0.617 bits per heavy atom. The minimum Gasteiger partial charge on any atom is -0.456 e. The first-order valence-corrected chi connectivity index (χ1v) is 18.9. The van der Waals surface area contributed by atoms with Crippen molar-refractivity contribution in [3.63, 3.8) is 0 Å². The van der Waals surface area contributed by atoms with Gasteiger partial charge in [0.05, 0.1) is 10.8 Å². The summed E-state index contributed by atoms with van der Waals surface area (Å²) in [6.45, 7) is 15.0. The van der Waals surface area contributed by atoms with Gasteiger partial charge in [0, 0.05) is 5.92 Å². The average Bonchev–Trinajstić information content (AvgIpc) is 3.91. The summed E-state index contributed by atoms with van der Waals surface area (Å²) in [4.78, 5) is 48.6. The van der Waals surface area contributed by atoms with Crippen LogP contribution in [0.2, 0.25) is 0 Å². The van der Waals surface area contributed by atoms with Crippen LogP contribution < -0.4 is 0 Å². The van der Waals surface area contributed by atoms with Crippen LogP contribution in [-0.4, -0.2) is 48.3 Å². The summed E-state index contributed by atoms with van der Waals surface area (Å²) in [5.41, 5.74) is -1.70. The smallest absolute Gasteiger partial charge is 0.344 e. The van der Waals surface area contributed by atoms with E-state index in [-0.39, 0.29) is 42.3 Å². The molecule has 6 aliphatic rings. The summed E-state index contributed by atoms with van der Waals surface area (Å²) < 4.78 is 22.2. The van der Waals surface area contributed by atoms with Gasteiger partial charge in [0.15, 0.2) is 13.2 Å². The van der Waals surface area contributed by atoms with Gasteiger partial charge in [-0.3, -0.25) is 9.59 Å². The van der Waals surface area contributed by atoms with Crippen LogP contribution in [0, 0.1) is 58.2 Å². The molecule has 8 heteroatoms. The SMILES string of the molecule is CCC(C)(C)C(=O)OCC(=O)OC1(CC)CC2CC1C1C3CCC(C3)C21.CCC(C)(C)C(=O)OCC(=O)OC1(CC)CC2CCC1C2. The molecule has 6 saturated carbocycles. The van der Waals surface area contributed by atoms with Crippen molar-refractivity contribution in [2.75, 3.05) is 13.2 Å². The number of esters is 4. The van der Waals surface area contributed by atoms with E-state index in [1.54, 1.807) is 0 Å². The molecule has 0 radical (unpaired) electrons. The standard InChI is InChI=1S/C22H34O4.C17H28O4/c1-5-21(3,4)20(24)25-12-17(23)26-22(6-2)11-15-10-16(22)19-14-8-7-13(9-14)18(15)19;1-5-16(3,4)15(19)20-11-14(18)21-17(6-2)10-12-7-8-13(17)9-12/h13-16,18-19H,5-12H2,1-4H3;12-13H,5-11H2,1-4H3. The molecule has 0 saturated heterocycles. The van der Waals surface area contributed by atoms with E-state index in [0.29, 0.717) is 30.6 Å². The number of carbonyl (C=O) groups is 4. The van der Waals surface area contributed by atoms with Gasteiger partial charge >= 0.3 is 23.9 Å². The third-order valence-electron chi connectivity index (χ3n) is 14.2. The van der Waals surface area contributed by atoms with Crippen molar-refractivity contribution in [3.05, 3.63) is 0 Å². The van der Waals surface area contributed by atoms with E-state index in [9.17, 15) is 19.2 Å². The number of hydrogen-bond donors (Lipinski definition) is 0. The molecule has 0 amide bonds. The maximum absolute atomic E-state index is 12.5. The molecule has 0 aromatic carbocycles. The molecule has 6 rings (SSSR count). The van der Waals surface area contributed by atoms with E-state index in [0.717, 1.165) is 61.7 Å². The number of ether oxygens (including phenoxy) is 4. The van der Waals surface area contributed by atoms with Gasteiger partial charge in [-0.15, -0.1) is 0 Å². The van der Waals surface area contributed by atoms with E-state index in [2.05, 4.69) is 13.8 Å². The summed E-state index contributed by atoms with van der Waals surface area (Å²) in [6, 6.07) is 0. The summed E-state index contributed by atoms with van der Waals surface area (Å²) in [6.07, 6.45) is 14.2. The highest BCUT2D eigenvalue weighted by Gasteiger charge is 2.67. The summed E-state index contributed by atoms with van der Waals surface area (Å²) >= 11 is 0. The van der Waals surface area contributed by atoms with Gasteiger partial charge in [0.25, 0.3) is 0 Å². The lowest BCUT2D eigenvalue weighted by Gasteiger charge is -2.45.